The van der Waals surface area contributed by atoms with E-state index in [0.29, 0.717) is 18.3 Å². The first-order chi connectivity index (χ1) is 9.56. The van der Waals surface area contributed by atoms with Gasteiger partial charge < -0.3 is 14.9 Å². The van der Waals surface area contributed by atoms with Crippen molar-refractivity contribution >= 4 is 12.0 Å². The van der Waals surface area contributed by atoms with Crippen molar-refractivity contribution in [2.45, 2.75) is 44.9 Å². The van der Waals surface area contributed by atoms with Gasteiger partial charge in [0.2, 0.25) is 0 Å². The van der Waals surface area contributed by atoms with E-state index in [1.54, 1.807) is 0 Å². The molecule has 1 saturated heterocycles. The molecule has 5 heteroatoms. The van der Waals surface area contributed by atoms with Crippen molar-refractivity contribution in [1.29, 1.82) is 0 Å². The number of rotatable bonds is 5. The summed E-state index contributed by atoms with van der Waals surface area (Å²) in [6.07, 6.45) is 6.94. The molecule has 1 saturated carbocycles. The molecule has 0 bridgehead atoms. The fourth-order valence-corrected chi connectivity index (χ4v) is 3.47. The number of hydrogen-bond acceptors (Lipinski definition) is 2. The van der Waals surface area contributed by atoms with Crippen molar-refractivity contribution in [3.8, 4) is 0 Å². The normalized spacial score (nSPS) is 23.2. The minimum atomic E-state index is -0.742. The highest BCUT2D eigenvalue weighted by Gasteiger charge is 2.29. The van der Waals surface area contributed by atoms with Crippen molar-refractivity contribution in [2.24, 2.45) is 11.8 Å². The average Bonchev–Trinajstić information content (AvgIpc) is 3.06. The van der Waals surface area contributed by atoms with Crippen LogP contribution in [0.5, 0.6) is 0 Å². The molecule has 1 N–H and O–H groups in total. The predicted octanol–water partition coefficient (Wildman–Crippen LogP) is 2.42. The van der Waals surface area contributed by atoms with Crippen LogP contribution >= 0.6 is 0 Å². The summed E-state index contributed by atoms with van der Waals surface area (Å²) in [5.41, 5.74) is 0. The molecular weight excluding hydrogens is 256 g/mol. The predicted molar refractivity (Wildman–Crippen MR) is 76.5 cm³/mol. The van der Waals surface area contributed by atoms with Gasteiger partial charge in [0.25, 0.3) is 0 Å². The van der Waals surface area contributed by atoms with E-state index in [1.165, 1.54) is 25.7 Å². The monoisotopic (exact) mass is 282 g/mol. The molecule has 5 nitrogen and oxygen atoms in total. The summed E-state index contributed by atoms with van der Waals surface area (Å²) in [7, 11) is 1.89. The zero-order valence-electron chi connectivity index (χ0n) is 12.4. The Balaban J connectivity index is 1.73. The van der Waals surface area contributed by atoms with Crippen LogP contribution in [0.2, 0.25) is 0 Å². The van der Waals surface area contributed by atoms with Crippen LogP contribution in [-0.2, 0) is 4.79 Å². The Hall–Kier alpha value is -1.26. The topological polar surface area (TPSA) is 60.9 Å². The number of carboxylic acids is 1. The van der Waals surface area contributed by atoms with Gasteiger partial charge in [-0.05, 0) is 37.5 Å². The minimum Gasteiger partial charge on any atom is -0.481 e. The number of carbonyl (C=O) groups is 2. The van der Waals surface area contributed by atoms with Gasteiger partial charge in [0, 0.05) is 33.1 Å². The van der Waals surface area contributed by atoms with Gasteiger partial charge in [-0.1, -0.05) is 12.8 Å². The fraction of sp³-hybridized carbons (Fsp3) is 0.867. The third-order valence-corrected chi connectivity index (χ3v) is 4.66. The summed E-state index contributed by atoms with van der Waals surface area (Å²) in [6.45, 7) is 2.37. The second-order valence-corrected chi connectivity index (χ2v) is 6.35. The zero-order chi connectivity index (χ0) is 14.5. The van der Waals surface area contributed by atoms with E-state index in [1.807, 2.05) is 16.8 Å². The lowest BCUT2D eigenvalue weighted by molar-refractivity contribution is -0.137. The molecule has 0 aromatic carbocycles. The number of aliphatic carboxylic acids is 1. The van der Waals surface area contributed by atoms with Crippen LogP contribution in [-0.4, -0.2) is 53.6 Å². The molecule has 2 rings (SSSR count). The van der Waals surface area contributed by atoms with Crippen molar-refractivity contribution < 1.29 is 14.7 Å². The maximum absolute atomic E-state index is 12.4. The number of likely N-dealkylation sites (tertiary alicyclic amines) is 1. The van der Waals surface area contributed by atoms with E-state index in [-0.39, 0.29) is 12.5 Å². The first-order valence-corrected chi connectivity index (χ1v) is 7.78. The first-order valence-electron chi connectivity index (χ1n) is 7.78. The van der Waals surface area contributed by atoms with E-state index >= 15 is 0 Å². The lowest BCUT2D eigenvalue weighted by Gasteiger charge is -2.27. The highest BCUT2D eigenvalue weighted by atomic mass is 16.4. The number of hydrogen-bond donors (Lipinski definition) is 1. The number of carboxylic acid groups (broad SMARTS) is 1. The van der Waals surface area contributed by atoms with E-state index in [9.17, 15) is 9.59 Å². The second-order valence-electron chi connectivity index (χ2n) is 6.35. The quantitative estimate of drug-likeness (QED) is 0.842. The van der Waals surface area contributed by atoms with Crippen LogP contribution in [0.4, 0.5) is 4.79 Å². The van der Waals surface area contributed by atoms with Crippen LogP contribution in [0.15, 0.2) is 0 Å². The lowest BCUT2D eigenvalue weighted by Crippen LogP contribution is -2.41. The van der Waals surface area contributed by atoms with Crippen LogP contribution < -0.4 is 0 Å². The summed E-state index contributed by atoms with van der Waals surface area (Å²) in [5, 5.41) is 8.71. The van der Waals surface area contributed by atoms with Crippen LogP contribution in [0.25, 0.3) is 0 Å². The Bertz CT molecular complexity index is 353. The van der Waals surface area contributed by atoms with Gasteiger partial charge >= 0.3 is 12.0 Å². The maximum atomic E-state index is 12.4. The Morgan fingerprint density at radius 2 is 1.90 bits per heavy atom. The highest BCUT2D eigenvalue weighted by molar-refractivity contribution is 5.74. The molecule has 1 heterocycles. The van der Waals surface area contributed by atoms with E-state index in [4.69, 9.17) is 5.11 Å². The van der Waals surface area contributed by atoms with Gasteiger partial charge in [-0.25, -0.2) is 4.79 Å². The highest BCUT2D eigenvalue weighted by Crippen LogP contribution is 2.26. The molecule has 2 aliphatic rings. The molecule has 0 aromatic heterocycles. The Morgan fingerprint density at radius 1 is 1.20 bits per heavy atom. The number of carbonyl (C=O) groups excluding carboxylic acids is 1. The number of nitrogens with zero attached hydrogens (tertiary/aromatic N) is 2. The van der Waals surface area contributed by atoms with E-state index in [2.05, 4.69) is 0 Å². The molecule has 0 spiro atoms. The number of amides is 2. The molecule has 0 aromatic rings. The molecule has 2 fully saturated rings. The van der Waals surface area contributed by atoms with Gasteiger partial charge in [0.15, 0.2) is 0 Å². The van der Waals surface area contributed by atoms with Gasteiger partial charge in [-0.15, -0.1) is 0 Å². The smallest absolute Gasteiger partial charge is 0.319 e. The second kappa shape index (κ2) is 6.95. The van der Waals surface area contributed by atoms with E-state index < -0.39 is 5.97 Å². The van der Waals surface area contributed by atoms with Crippen LogP contribution in [0, 0.1) is 11.8 Å². The summed E-state index contributed by atoms with van der Waals surface area (Å²) in [4.78, 5) is 26.7. The molecule has 2 amide bonds. The molecule has 1 unspecified atom stereocenters. The molecule has 0 radical (unpaired) electrons. The molecular formula is C15H26N2O3. The number of urea groups is 1. The summed E-state index contributed by atoms with van der Waals surface area (Å²) in [6, 6.07) is 0.120. The largest absolute Gasteiger partial charge is 0.481 e. The molecule has 114 valence electrons. The Kier molecular flexibility index (Phi) is 5.26. The standard InChI is InChI=1S/C15H26N2O3/c1-16(10-12-4-2-3-5-12)15(20)17-9-8-13(11-17)6-7-14(18)19/h12-13H,2-11H2,1H3,(H,18,19). The molecule has 1 aliphatic carbocycles. The lowest BCUT2D eigenvalue weighted by atomic mass is 10.0. The zero-order valence-corrected chi connectivity index (χ0v) is 12.4. The Labute approximate surface area is 120 Å². The third-order valence-electron chi connectivity index (χ3n) is 4.66. The van der Waals surface area contributed by atoms with Crippen LogP contribution in [0.3, 0.4) is 0 Å². The Morgan fingerprint density at radius 3 is 2.55 bits per heavy atom. The third kappa shape index (κ3) is 4.12. The average molecular weight is 282 g/mol. The maximum Gasteiger partial charge on any atom is 0.319 e. The van der Waals surface area contributed by atoms with Crippen molar-refractivity contribution in [3.05, 3.63) is 0 Å². The first kappa shape index (κ1) is 15.1. The van der Waals surface area contributed by atoms with E-state index in [0.717, 1.165) is 26.1 Å². The van der Waals surface area contributed by atoms with Crippen molar-refractivity contribution in [1.82, 2.24) is 9.80 Å². The summed E-state index contributed by atoms with van der Waals surface area (Å²) in [5.74, 6) is 0.289. The summed E-state index contributed by atoms with van der Waals surface area (Å²) >= 11 is 0. The van der Waals surface area contributed by atoms with Crippen molar-refractivity contribution in [2.75, 3.05) is 26.7 Å². The molecule has 20 heavy (non-hydrogen) atoms. The van der Waals surface area contributed by atoms with Gasteiger partial charge in [-0.3, -0.25) is 4.79 Å². The minimum absolute atomic E-state index is 0.120. The summed E-state index contributed by atoms with van der Waals surface area (Å²) < 4.78 is 0. The fourth-order valence-electron chi connectivity index (χ4n) is 3.47. The molecule has 1 aliphatic heterocycles. The van der Waals surface area contributed by atoms with Gasteiger partial charge in [0.05, 0.1) is 0 Å². The van der Waals surface area contributed by atoms with Gasteiger partial charge in [0.1, 0.15) is 0 Å². The van der Waals surface area contributed by atoms with Gasteiger partial charge in [-0.2, -0.15) is 0 Å². The van der Waals surface area contributed by atoms with Crippen LogP contribution in [0.1, 0.15) is 44.9 Å². The van der Waals surface area contributed by atoms with Crippen molar-refractivity contribution in [3.63, 3.8) is 0 Å². The molecule has 1 atom stereocenters. The SMILES string of the molecule is CN(CC1CCCC1)C(=O)N1CCC(CCC(=O)O)C1.